The number of aliphatic carboxylic acids is 1. The smallest absolute Gasteiger partial charge is 0.326 e. The monoisotopic (exact) mass is 350 g/mol. The first-order valence-electron chi connectivity index (χ1n) is 7.52. The molecule has 0 bridgehead atoms. The van der Waals surface area contributed by atoms with Crippen LogP contribution in [-0.2, 0) is 11.2 Å². The molecule has 0 fully saturated rings. The third-order valence-corrected chi connectivity index (χ3v) is 4.69. The molecule has 2 N–H and O–H groups in total. The molecule has 1 amide bonds. The highest BCUT2D eigenvalue weighted by atomic mass is 32.1. The molecule has 128 valence electrons. The summed E-state index contributed by atoms with van der Waals surface area (Å²) in [6, 6.07) is 5.16. The fraction of sp³-hybridized carbons (Fsp3) is 0.353. The van der Waals surface area contributed by atoms with Gasteiger partial charge in [-0.25, -0.2) is 14.2 Å². The number of halogens is 1. The largest absolute Gasteiger partial charge is 0.480 e. The van der Waals surface area contributed by atoms with E-state index >= 15 is 0 Å². The number of rotatable bonds is 6. The highest BCUT2D eigenvalue weighted by Gasteiger charge is 2.26. The van der Waals surface area contributed by atoms with Gasteiger partial charge < -0.3 is 10.4 Å². The van der Waals surface area contributed by atoms with Crippen molar-refractivity contribution in [3.05, 3.63) is 51.2 Å². The summed E-state index contributed by atoms with van der Waals surface area (Å²) >= 11 is 1.22. The van der Waals surface area contributed by atoms with Gasteiger partial charge in [-0.2, -0.15) is 0 Å². The summed E-state index contributed by atoms with van der Waals surface area (Å²) in [5.41, 5.74) is 1.45. The molecule has 0 aliphatic rings. The molecular formula is C17H19FN2O3S. The number of carboxylic acids is 1. The van der Waals surface area contributed by atoms with Gasteiger partial charge in [0.15, 0.2) is 0 Å². The Labute approximate surface area is 143 Å². The summed E-state index contributed by atoms with van der Waals surface area (Å²) in [6.45, 7) is 5.18. The van der Waals surface area contributed by atoms with Gasteiger partial charge in [0.1, 0.15) is 16.7 Å². The molecule has 1 atom stereocenters. The maximum Gasteiger partial charge on any atom is 0.326 e. The van der Waals surface area contributed by atoms with Crippen LogP contribution in [0.2, 0.25) is 0 Å². The molecule has 7 heteroatoms. The van der Waals surface area contributed by atoms with Crippen molar-refractivity contribution >= 4 is 23.2 Å². The first kappa shape index (κ1) is 18.1. The number of aromatic nitrogens is 1. The lowest BCUT2D eigenvalue weighted by Gasteiger charge is -2.17. The molecule has 0 spiro atoms. The third-order valence-electron chi connectivity index (χ3n) is 3.54. The zero-order valence-corrected chi connectivity index (χ0v) is 14.5. The van der Waals surface area contributed by atoms with Crippen LogP contribution in [0.3, 0.4) is 0 Å². The second-order valence-electron chi connectivity index (χ2n) is 5.86. The number of thiazole rings is 1. The minimum absolute atomic E-state index is 0.224. The van der Waals surface area contributed by atoms with Gasteiger partial charge >= 0.3 is 5.97 Å². The lowest BCUT2D eigenvalue weighted by Crippen LogP contribution is -2.44. The van der Waals surface area contributed by atoms with Crippen LogP contribution in [0.15, 0.2) is 24.3 Å². The molecule has 0 unspecified atom stereocenters. The van der Waals surface area contributed by atoms with Crippen molar-refractivity contribution in [1.29, 1.82) is 0 Å². The van der Waals surface area contributed by atoms with Crippen molar-refractivity contribution in [3.8, 4) is 0 Å². The van der Waals surface area contributed by atoms with Gasteiger partial charge in [0, 0.05) is 6.42 Å². The third kappa shape index (κ3) is 4.38. The van der Waals surface area contributed by atoms with Crippen LogP contribution in [0.25, 0.3) is 0 Å². The quantitative estimate of drug-likeness (QED) is 0.839. The molecule has 2 aromatic rings. The summed E-state index contributed by atoms with van der Waals surface area (Å²) in [6.07, 6.45) is 0.492. The zero-order valence-electron chi connectivity index (χ0n) is 13.7. The SMILES string of the molecule is Cc1nc(Cc2ccc(F)cc2)sc1C(=O)N[C@@H](C(=O)O)C(C)C. The lowest BCUT2D eigenvalue weighted by atomic mass is 10.0. The molecule has 1 heterocycles. The van der Waals surface area contributed by atoms with Gasteiger partial charge in [0.25, 0.3) is 5.91 Å². The van der Waals surface area contributed by atoms with Crippen LogP contribution < -0.4 is 5.32 Å². The fourth-order valence-corrected chi connectivity index (χ4v) is 3.24. The number of hydrogen-bond acceptors (Lipinski definition) is 4. The second-order valence-corrected chi connectivity index (χ2v) is 6.94. The Morgan fingerprint density at radius 3 is 2.46 bits per heavy atom. The van der Waals surface area contributed by atoms with Crippen molar-refractivity contribution in [2.45, 2.75) is 33.2 Å². The van der Waals surface area contributed by atoms with E-state index < -0.39 is 17.9 Å². The summed E-state index contributed by atoms with van der Waals surface area (Å²) in [5.74, 6) is -2.02. The molecule has 1 aromatic heterocycles. The fourth-order valence-electron chi connectivity index (χ4n) is 2.24. The number of carbonyl (C=O) groups is 2. The average Bonchev–Trinajstić information content (AvgIpc) is 2.87. The number of aryl methyl sites for hydroxylation is 1. The molecule has 0 aliphatic carbocycles. The van der Waals surface area contributed by atoms with Crippen LogP contribution >= 0.6 is 11.3 Å². The minimum atomic E-state index is -1.06. The first-order chi connectivity index (χ1) is 11.3. The van der Waals surface area contributed by atoms with Gasteiger partial charge in [-0.05, 0) is 30.5 Å². The van der Waals surface area contributed by atoms with Crippen molar-refractivity contribution < 1.29 is 19.1 Å². The maximum absolute atomic E-state index is 12.9. The Hall–Kier alpha value is -2.28. The van der Waals surface area contributed by atoms with E-state index in [4.69, 9.17) is 0 Å². The Morgan fingerprint density at radius 1 is 1.29 bits per heavy atom. The van der Waals surface area contributed by atoms with E-state index in [1.807, 2.05) is 0 Å². The number of nitrogens with zero attached hydrogens (tertiary/aromatic N) is 1. The Bertz CT molecular complexity index is 741. The van der Waals surface area contributed by atoms with Crippen LogP contribution in [-0.4, -0.2) is 28.0 Å². The summed E-state index contributed by atoms with van der Waals surface area (Å²) in [5, 5.41) is 12.4. The zero-order chi connectivity index (χ0) is 17.9. The van der Waals surface area contributed by atoms with E-state index in [-0.39, 0.29) is 11.7 Å². The van der Waals surface area contributed by atoms with Crippen molar-refractivity contribution in [1.82, 2.24) is 10.3 Å². The molecular weight excluding hydrogens is 331 g/mol. The van der Waals surface area contributed by atoms with Gasteiger partial charge in [-0.15, -0.1) is 11.3 Å². The van der Waals surface area contributed by atoms with E-state index in [1.54, 1.807) is 32.9 Å². The van der Waals surface area contributed by atoms with Gasteiger partial charge in [-0.3, -0.25) is 4.79 Å². The average molecular weight is 350 g/mol. The molecule has 1 aromatic carbocycles. The number of nitrogens with one attached hydrogen (secondary N) is 1. The molecule has 0 radical (unpaired) electrons. The topological polar surface area (TPSA) is 79.3 Å². The van der Waals surface area contributed by atoms with E-state index in [0.717, 1.165) is 10.6 Å². The Balaban J connectivity index is 2.14. The second kappa shape index (κ2) is 7.53. The first-order valence-corrected chi connectivity index (χ1v) is 8.34. The van der Waals surface area contributed by atoms with Gasteiger partial charge in [0.2, 0.25) is 0 Å². The Morgan fingerprint density at radius 2 is 1.92 bits per heavy atom. The maximum atomic E-state index is 12.9. The molecule has 5 nitrogen and oxygen atoms in total. The number of carboxylic acid groups (broad SMARTS) is 1. The van der Waals surface area contributed by atoms with Gasteiger partial charge in [-0.1, -0.05) is 26.0 Å². The van der Waals surface area contributed by atoms with Gasteiger partial charge in [0.05, 0.1) is 10.7 Å². The number of hydrogen-bond donors (Lipinski definition) is 2. The predicted octanol–water partition coefficient (Wildman–Crippen LogP) is 3.02. The molecule has 0 saturated carbocycles. The predicted molar refractivity (Wildman–Crippen MR) is 89.8 cm³/mol. The summed E-state index contributed by atoms with van der Waals surface area (Å²) in [7, 11) is 0. The van der Waals surface area contributed by atoms with Crippen LogP contribution in [0.5, 0.6) is 0 Å². The molecule has 0 aliphatic heterocycles. The standard InChI is InChI=1S/C17H19FN2O3S/c1-9(2)14(17(22)23)20-16(21)15-10(3)19-13(24-15)8-11-4-6-12(18)7-5-11/h4-7,9,14H,8H2,1-3H3,(H,20,21)(H,22,23)/t14-/m1/s1. The van der Waals surface area contributed by atoms with E-state index in [1.165, 1.54) is 23.5 Å². The van der Waals surface area contributed by atoms with Crippen LogP contribution in [0.4, 0.5) is 4.39 Å². The van der Waals surface area contributed by atoms with E-state index in [0.29, 0.717) is 17.0 Å². The van der Waals surface area contributed by atoms with E-state index in [9.17, 15) is 19.1 Å². The lowest BCUT2D eigenvalue weighted by molar-refractivity contribution is -0.140. The van der Waals surface area contributed by atoms with Crippen LogP contribution in [0.1, 0.15) is 39.8 Å². The number of benzene rings is 1. The molecule has 2 rings (SSSR count). The van der Waals surface area contributed by atoms with Crippen molar-refractivity contribution in [3.63, 3.8) is 0 Å². The Kier molecular flexibility index (Phi) is 5.66. The van der Waals surface area contributed by atoms with Crippen molar-refractivity contribution in [2.24, 2.45) is 5.92 Å². The van der Waals surface area contributed by atoms with Crippen molar-refractivity contribution in [2.75, 3.05) is 0 Å². The normalized spacial score (nSPS) is 12.2. The number of carbonyl (C=O) groups excluding carboxylic acids is 1. The number of amides is 1. The molecule has 0 saturated heterocycles. The molecule has 24 heavy (non-hydrogen) atoms. The van der Waals surface area contributed by atoms with Crippen LogP contribution in [0, 0.1) is 18.7 Å². The highest BCUT2D eigenvalue weighted by molar-refractivity contribution is 7.13. The summed E-state index contributed by atoms with van der Waals surface area (Å²) < 4.78 is 12.9. The minimum Gasteiger partial charge on any atom is -0.480 e. The highest BCUT2D eigenvalue weighted by Crippen LogP contribution is 2.21. The summed E-state index contributed by atoms with van der Waals surface area (Å²) in [4.78, 5) is 28.3. The van der Waals surface area contributed by atoms with E-state index in [2.05, 4.69) is 10.3 Å².